The Kier molecular flexibility index (Phi) is 5.13. The molecular formula is C11H15ClN2O3S. The quantitative estimate of drug-likeness (QED) is 0.858. The summed E-state index contributed by atoms with van der Waals surface area (Å²) in [6, 6.07) is 7.47. The van der Waals surface area contributed by atoms with E-state index in [1.54, 1.807) is 18.2 Å². The van der Waals surface area contributed by atoms with Gasteiger partial charge in [-0.15, -0.1) is 12.4 Å². The molecule has 1 amide bonds. The van der Waals surface area contributed by atoms with Crippen LogP contribution in [0.2, 0.25) is 0 Å². The van der Waals surface area contributed by atoms with Crippen molar-refractivity contribution in [2.24, 2.45) is 0 Å². The van der Waals surface area contributed by atoms with E-state index in [1.807, 2.05) is 0 Å². The summed E-state index contributed by atoms with van der Waals surface area (Å²) in [6.07, 6.45) is 1.57. The van der Waals surface area contributed by atoms with Crippen molar-refractivity contribution in [1.29, 1.82) is 0 Å². The van der Waals surface area contributed by atoms with Gasteiger partial charge in [-0.1, -0.05) is 18.2 Å². The van der Waals surface area contributed by atoms with Crippen molar-refractivity contribution in [2.45, 2.75) is 23.8 Å². The van der Waals surface area contributed by atoms with Crippen molar-refractivity contribution < 1.29 is 13.2 Å². The first kappa shape index (κ1) is 14.9. The predicted molar refractivity (Wildman–Crippen MR) is 70.0 cm³/mol. The van der Waals surface area contributed by atoms with E-state index in [2.05, 4.69) is 10.0 Å². The van der Waals surface area contributed by atoms with Gasteiger partial charge in [0.15, 0.2) is 0 Å². The first-order valence-corrected chi connectivity index (χ1v) is 6.93. The van der Waals surface area contributed by atoms with Crippen molar-refractivity contribution >= 4 is 28.3 Å². The van der Waals surface area contributed by atoms with E-state index < -0.39 is 22.0 Å². The summed E-state index contributed by atoms with van der Waals surface area (Å²) < 4.78 is 25.8. The van der Waals surface area contributed by atoms with Gasteiger partial charge in [0, 0.05) is 0 Å². The maximum absolute atomic E-state index is 11.8. The van der Waals surface area contributed by atoms with Crippen LogP contribution in [-0.2, 0) is 14.8 Å². The summed E-state index contributed by atoms with van der Waals surface area (Å²) in [5.41, 5.74) is 0. The number of hydrogen-bond acceptors (Lipinski definition) is 4. The average molecular weight is 291 g/mol. The Hall–Kier alpha value is -1.11. The molecule has 0 radical (unpaired) electrons. The lowest BCUT2D eigenvalue weighted by Gasteiger charge is -2.11. The number of nitrogens with one attached hydrogen (secondary N) is 2. The van der Waals surface area contributed by atoms with Gasteiger partial charge in [0.1, 0.15) is 0 Å². The molecule has 5 nitrogen and oxygen atoms in total. The Bertz CT molecular complexity index is 498. The maximum Gasteiger partial charge on any atom is 0.264 e. The summed E-state index contributed by atoms with van der Waals surface area (Å²) in [5, 5.41) is 2.95. The molecule has 2 N–H and O–H groups in total. The van der Waals surface area contributed by atoms with Crippen molar-refractivity contribution in [3.8, 4) is 0 Å². The van der Waals surface area contributed by atoms with Gasteiger partial charge in [-0.05, 0) is 31.5 Å². The molecule has 18 heavy (non-hydrogen) atoms. The van der Waals surface area contributed by atoms with Crippen molar-refractivity contribution in [3.63, 3.8) is 0 Å². The number of rotatable bonds is 3. The summed E-state index contributed by atoms with van der Waals surface area (Å²) in [5.74, 6) is -0.480. The second-order valence-corrected chi connectivity index (χ2v) is 5.61. The zero-order valence-corrected chi connectivity index (χ0v) is 11.3. The number of sulfonamides is 1. The van der Waals surface area contributed by atoms with Crippen molar-refractivity contribution in [1.82, 2.24) is 10.0 Å². The predicted octanol–water partition coefficient (Wildman–Crippen LogP) is 0.665. The molecule has 1 aliphatic heterocycles. The van der Waals surface area contributed by atoms with Gasteiger partial charge in [-0.2, -0.15) is 0 Å². The Balaban J connectivity index is 0.00000162. The maximum atomic E-state index is 11.8. The molecule has 1 aromatic rings. The zero-order chi connectivity index (χ0) is 12.3. The second-order valence-electron chi connectivity index (χ2n) is 3.93. The van der Waals surface area contributed by atoms with Crippen LogP contribution in [0, 0.1) is 0 Å². The molecule has 1 fully saturated rings. The lowest BCUT2D eigenvalue weighted by Crippen LogP contribution is -2.43. The van der Waals surface area contributed by atoms with E-state index >= 15 is 0 Å². The molecule has 2 rings (SSSR count). The molecule has 1 heterocycles. The van der Waals surface area contributed by atoms with Crippen LogP contribution in [0.15, 0.2) is 35.2 Å². The largest absolute Gasteiger partial charge is 0.306 e. The molecule has 1 aliphatic rings. The monoisotopic (exact) mass is 290 g/mol. The molecular weight excluding hydrogens is 276 g/mol. The normalized spacial score (nSPS) is 19.0. The third-order valence-electron chi connectivity index (χ3n) is 2.67. The van der Waals surface area contributed by atoms with Crippen LogP contribution in [-0.4, -0.2) is 26.9 Å². The van der Waals surface area contributed by atoms with Gasteiger partial charge in [0.05, 0.1) is 10.9 Å². The van der Waals surface area contributed by atoms with Gasteiger partial charge in [-0.25, -0.2) is 13.1 Å². The summed E-state index contributed by atoms with van der Waals surface area (Å²) >= 11 is 0. The fourth-order valence-corrected chi connectivity index (χ4v) is 2.81. The molecule has 100 valence electrons. The third kappa shape index (κ3) is 3.44. The number of amides is 1. The van der Waals surface area contributed by atoms with Gasteiger partial charge in [-0.3, -0.25) is 4.79 Å². The first-order chi connectivity index (χ1) is 8.09. The molecule has 1 aromatic carbocycles. The molecule has 7 heteroatoms. The highest BCUT2D eigenvalue weighted by molar-refractivity contribution is 7.90. The Morgan fingerprint density at radius 1 is 1.28 bits per heavy atom. The van der Waals surface area contributed by atoms with Gasteiger partial charge >= 0.3 is 0 Å². The van der Waals surface area contributed by atoms with E-state index in [-0.39, 0.29) is 17.3 Å². The molecule has 1 atom stereocenters. The Labute approximate surface area is 112 Å². The van der Waals surface area contributed by atoms with E-state index in [1.165, 1.54) is 12.1 Å². The van der Waals surface area contributed by atoms with Gasteiger partial charge < -0.3 is 5.32 Å². The summed E-state index contributed by atoms with van der Waals surface area (Å²) in [6.45, 7) is 0.753. The minimum absolute atomic E-state index is 0. The van der Waals surface area contributed by atoms with E-state index in [4.69, 9.17) is 0 Å². The van der Waals surface area contributed by atoms with Crippen LogP contribution in [0.1, 0.15) is 12.8 Å². The van der Waals surface area contributed by atoms with Gasteiger partial charge in [0.2, 0.25) is 0 Å². The minimum atomic E-state index is -3.74. The SMILES string of the molecule is Cl.O=C(NS(=O)(=O)c1ccccc1)C1CCCN1. The molecule has 1 saturated heterocycles. The lowest BCUT2D eigenvalue weighted by molar-refractivity contribution is -0.121. The van der Waals surface area contributed by atoms with Crippen molar-refractivity contribution in [2.75, 3.05) is 6.54 Å². The average Bonchev–Trinajstić information content (AvgIpc) is 2.83. The fraction of sp³-hybridized carbons (Fsp3) is 0.364. The van der Waals surface area contributed by atoms with Gasteiger partial charge in [0.25, 0.3) is 15.9 Å². The number of hydrogen-bond donors (Lipinski definition) is 2. The number of halogens is 1. The van der Waals surface area contributed by atoms with E-state index in [0.29, 0.717) is 6.42 Å². The third-order valence-corrected chi connectivity index (χ3v) is 4.03. The van der Waals surface area contributed by atoms with Crippen LogP contribution >= 0.6 is 12.4 Å². The standard InChI is InChI=1S/C11H14N2O3S.ClH/c14-11(10-7-4-8-12-10)13-17(15,16)9-5-2-1-3-6-9;/h1-3,5-6,10,12H,4,7-8H2,(H,13,14);1H. The highest BCUT2D eigenvalue weighted by atomic mass is 35.5. The second kappa shape index (κ2) is 6.17. The number of carbonyl (C=O) groups excluding carboxylic acids is 1. The molecule has 1 unspecified atom stereocenters. The van der Waals surface area contributed by atoms with Crippen LogP contribution in [0.25, 0.3) is 0 Å². The summed E-state index contributed by atoms with van der Waals surface area (Å²) in [7, 11) is -3.74. The van der Waals surface area contributed by atoms with Crippen LogP contribution in [0.4, 0.5) is 0 Å². The Morgan fingerprint density at radius 3 is 2.50 bits per heavy atom. The van der Waals surface area contributed by atoms with E-state index in [9.17, 15) is 13.2 Å². The minimum Gasteiger partial charge on any atom is -0.306 e. The van der Waals surface area contributed by atoms with Crippen molar-refractivity contribution in [3.05, 3.63) is 30.3 Å². The first-order valence-electron chi connectivity index (χ1n) is 5.45. The molecule has 0 aromatic heterocycles. The molecule has 0 aliphatic carbocycles. The number of carbonyl (C=O) groups is 1. The van der Waals surface area contributed by atoms with Crippen LogP contribution in [0.5, 0.6) is 0 Å². The lowest BCUT2D eigenvalue weighted by atomic mass is 10.2. The topological polar surface area (TPSA) is 75.3 Å². The van der Waals surface area contributed by atoms with E-state index in [0.717, 1.165) is 13.0 Å². The molecule has 0 spiro atoms. The summed E-state index contributed by atoms with van der Waals surface area (Å²) in [4.78, 5) is 11.8. The van der Waals surface area contributed by atoms with Crippen LogP contribution in [0.3, 0.4) is 0 Å². The smallest absolute Gasteiger partial charge is 0.264 e. The number of benzene rings is 1. The Morgan fingerprint density at radius 2 is 1.94 bits per heavy atom. The highest BCUT2D eigenvalue weighted by Crippen LogP contribution is 2.09. The zero-order valence-electron chi connectivity index (χ0n) is 9.63. The van der Waals surface area contributed by atoms with Crippen LogP contribution < -0.4 is 10.0 Å². The molecule has 0 bridgehead atoms. The molecule has 0 saturated carbocycles. The fourth-order valence-electron chi connectivity index (χ4n) is 1.77. The highest BCUT2D eigenvalue weighted by Gasteiger charge is 2.26.